The molecule has 2 aromatic carbocycles. The maximum absolute atomic E-state index is 13.2. The number of hydrogen-bond acceptors (Lipinski definition) is 7. The molecule has 0 aromatic heterocycles. The van der Waals surface area contributed by atoms with Crippen LogP contribution < -0.4 is 20.7 Å². The Morgan fingerprint density at radius 3 is 2.16 bits per heavy atom. The number of nitrogens with one attached hydrogen (secondary N) is 3. The highest BCUT2D eigenvalue weighted by Crippen LogP contribution is 2.39. The van der Waals surface area contributed by atoms with Gasteiger partial charge in [0.2, 0.25) is 0 Å². The van der Waals surface area contributed by atoms with E-state index in [9.17, 15) is 27.6 Å². The van der Waals surface area contributed by atoms with Crippen molar-refractivity contribution >= 4 is 18.2 Å². The summed E-state index contributed by atoms with van der Waals surface area (Å²) in [5.41, 5.74) is -1.35. The highest BCUT2D eigenvalue weighted by atomic mass is 19.3. The summed E-state index contributed by atoms with van der Waals surface area (Å²) in [7, 11) is 1.40. The third-order valence-electron chi connectivity index (χ3n) is 6.38. The molecule has 0 saturated carbocycles. The lowest BCUT2D eigenvalue weighted by atomic mass is 9.76. The van der Waals surface area contributed by atoms with Crippen LogP contribution in [0.25, 0.3) is 0 Å². The topological polar surface area (TPSA) is 120 Å². The lowest BCUT2D eigenvalue weighted by Gasteiger charge is -2.57. The molecule has 9 nitrogen and oxygen atoms in total. The fourth-order valence-corrected chi connectivity index (χ4v) is 4.56. The Kier molecular flexibility index (Phi) is 9.24. The second kappa shape index (κ2) is 12.2. The highest BCUT2D eigenvalue weighted by Gasteiger charge is 2.56. The fourth-order valence-electron chi connectivity index (χ4n) is 4.56. The smallest absolute Gasteiger partial charge is 0.342 e. The molecule has 2 aliphatic rings. The van der Waals surface area contributed by atoms with E-state index >= 15 is 0 Å². The van der Waals surface area contributed by atoms with E-state index in [0.717, 1.165) is 25.8 Å². The number of aliphatic hydroxyl groups is 1. The average molecular weight is 523 g/mol. The summed E-state index contributed by atoms with van der Waals surface area (Å²) in [5.74, 6) is -0.160. The fraction of sp³-hybridized carbons (Fsp3) is 0.400. The molecule has 0 radical (unpaired) electrons. The van der Waals surface area contributed by atoms with Gasteiger partial charge in [-0.05, 0) is 61.3 Å². The summed E-state index contributed by atoms with van der Waals surface area (Å²) in [6, 6.07) is 11.5. The predicted molar refractivity (Wildman–Crippen MR) is 128 cm³/mol. The van der Waals surface area contributed by atoms with Crippen molar-refractivity contribution in [1.29, 1.82) is 0 Å². The summed E-state index contributed by atoms with van der Waals surface area (Å²) < 4.78 is 38.6. The zero-order valence-electron chi connectivity index (χ0n) is 20.2. The van der Waals surface area contributed by atoms with Gasteiger partial charge in [0.25, 0.3) is 5.91 Å². The van der Waals surface area contributed by atoms with E-state index in [0.29, 0.717) is 36.4 Å². The number of amides is 3. The molecule has 3 amide bonds. The zero-order chi connectivity index (χ0) is 27.1. The van der Waals surface area contributed by atoms with Crippen molar-refractivity contribution in [3.8, 4) is 11.5 Å². The van der Waals surface area contributed by atoms with Crippen LogP contribution in [-0.2, 0) is 15.1 Å². The molecule has 2 fully saturated rings. The molecule has 2 aromatic rings. The summed E-state index contributed by atoms with van der Waals surface area (Å²) >= 11 is 0. The molecule has 4 rings (SSSR count). The number of piperidine rings is 1. The molecule has 1 atom stereocenters. The third kappa shape index (κ3) is 6.64. The van der Waals surface area contributed by atoms with E-state index in [1.165, 1.54) is 31.3 Å². The molecule has 0 aliphatic carbocycles. The van der Waals surface area contributed by atoms with Crippen LogP contribution in [0.1, 0.15) is 24.8 Å². The standard InChI is InChI=1S/C24H27FN4O4.CH2F2O/c1-26-22(32)28-21(31)24(16-30,29-14-23(15-29)12-2-3-13-27-23)17-4-8-19(9-5-17)33-20-10-6-18(25)7-11-20;2-1(3)4/h4-11,16,27H,2-3,12-15H2,1H3,(H2,26,28,31,32);1,4H. The Labute approximate surface area is 212 Å². The maximum Gasteiger partial charge on any atom is 0.342 e. The second-order valence-corrected chi connectivity index (χ2v) is 8.80. The van der Waals surface area contributed by atoms with Crippen LogP contribution in [0.15, 0.2) is 48.5 Å². The van der Waals surface area contributed by atoms with Crippen LogP contribution >= 0.6 is 0 Å². The van der Waals surface area contributed by atoms with Crippen molar-refractivity contribution in [3.63, 3.8) is 0 Å². The normalized spacial score (nSPS) is 18.0. The largest absolute Gasteiger partial charge is 0.457 e. The summed E-state index contributed by atoms with van der Waals surface area (Å²) in [5, 5.41) is 14.9. The Balaban J connectivity index is 0.000000886. The van der Waals surface area contributed by atoms with Crippen molar-refractivity contribution in [2.45, 2.75) is 37.0 Å². The first kappa shape index (κ1) is 28.1. The minimum atomic E-state index is -3.17. The number of ether oxygens (including phenoxy) is 1. The van der Waals surface area contributed by atoms with Crippen LogP contribution in [0.3, 0.4) is 0 Å². The molecular weight excluding hydrogens is 493 g/mol. The first-order valence-corrected chi connectivity index (χ1v) is 11.6. The summed E-state index contributed by atoms with van der Waals surface area (Å²) in [6.07, 6.45) is 3.76. The van der Waals surface area contributed by atoms with Gasteiger partial charge in [-0.25, -0.2) is 9.18 Å². The Hall–Kier alpha value is -3.48. The van der Waals surface area contributed by atoms with E-state index in [2.05, 4.69) is 16.0 Å². The van der Waals surface area contributed by atoms with Crippen molar-refractivity contribution in [2.75, 3.05) is 26.7 Å². The molecule has 4 N–H and O–H groups in total. The van der Waals surface area contributed by atoms with Gasteiger partial charge in [-0.1, -0.05) is 18.6 Å². The van der Waals surface area contributed by atoms with Gasteiger partial charge in [-0.15, -0.1) is 0 Å². The van der Waals surface area contributed by atoms with Gasteiger partial charge in [0.1, 0.15) is 17.3 Å². The number of nitrogens with zero attached hydrogens (tertiary/aromatic N) is 1. The molecule has 200 valence electrons. The van der Waals surface area contributed by atoms with Gasteiger partial charge in [0.15, 0.2) is 11.8 Å². The first-order chi connectivity index (χ1) is 17.6. The van der Waals surface area contributed by atoms with Gasteiger partial charge in [0, 0.05) is 25.7 Å². The van der Waals surface area contributed by atoms with Crippen molar-refractivity contribution in [1.82, 2.24) is 20.9 Å². The number of halogens is 3. The molecule has 1 spiro atoms. The molecule has 2 saturated heterocycles. The summed E-state index contributed by atoms with van der Waals surface area (Å²) in [6.45, 7) is -1.23. The molecule has 0 bridgehead atoms. The first-order valence-electron chi connectivity index (χ1n) is 11.6. The minimum Gasteiger partial charge on any atom is -0.457 e. The van der Waals surface area contributed by atoms with E-state index in [4.69, 9.17) is 9.84 Å². The Morgan fingerprint density at radius 1 is 1.11 bits per heavy atom. The minimum absolute atomic E-state index is 0.120. The number of alkyl halides is 2. The van der Waals surface area contributed by atoms with E-state index in [1.807, 2.05) is 0 Å². The van der Waals surface area contributed by atoms with Crippen LogP contribution in [0.5, 0.6) is 11.5 Å². The number of aldehydes is 1. The number of benzene rings is 2. The zero-order valence-corrected chi connectivity index (χ0v) is 20.2. The molecular formula is C25H29F3N4O5. The number of imide groups is 1. The van der Waals surface area contributed by atoms with E-state index in [-0.39, 0.29) is 11.4 Å². The predicted octanol–water partition coefficient (Wildman–Crippen LogP) is 2.50. The number of hydrogen-bond donors (Lipinski definition) is 4. The van der Waals surface area contributed by atoms with Gasteiger partial charge in [-0.2, -0.15) is 8.78 Å². The van der Waals surface area contributed by atoms with Crippen LogP contribution in [0.2, 0.25) is 0 Å². The van der Waals surface area contributed by atoms with Gasteiger partial charge >= 0.3 is 12.6 Å². The SMILES string of the molecule is CNC(=O)NC(=O)C(C=O)(c1ccc(Oc2ccc(F)cc2)cc1)N1CC2(CCCCN2)C1.OC(F)F. The summed E-state index contributed by atoms with van der Waals surface area (Å²) in [4.78, 5) is 39.5. The average Bonchev–Trinajstić information content (AvgIpc) is 2.86. The molecule has 12 heteroatoms. The van der Waals surface area contributed by atoms with Gasteiger partial charge < -0.3 is 25.3 Å². The number of carbonyl (C=O) groups is 3. The van der Waals surface area contributed by atoms with Crippen molar-refractivity contribution in [3.05, 3.63) is 59.9 Å². The lowest BCUT2D eigenvalue weighted by Crippen LogP contribution is -2.77. The molecule has 2 heterocycles. The lowest BCUT2D eigenvalue weighted by molar-refractivity contribution is -0.148. The van der Waals surface area contributed by atoms with Gasteiger partial charge in [0.05, 0.1) is 0 Å². The number of rotatable bonds is 6. The maximum atomic E-state index is 13.2. The number of aliphatic hydroxyl groups excluding tert-OH is 1. The van der Waals surface area contributed by atoms with Gasteiger partial charge in [-0.3, -0.25) is 15.0 Å². The second-order valence-electron chi connectivity index (χ2n) is 8.80. The van der Waals surface area contributed by atoms with E-state index < -0.39 is 24.1 Å². The monoisotopic (exact) mass is 522 g/mol. The number of urea groups is 1. The van der Waals surface area contributed by atoms with Crippen LogP contribution in [-0.4, -0.2) is 67.1 Å². The van der Waals surface area contributed by atoms with Crippen LogP contribution in [0.4, 0.5) is 18.0 Å². The van der Waals surface area contributed by atoms with E-state index in [1.54, 1.807) is 29.2 Å². The third-order valence-corrected chi connectivity index (χ3v) is 6.38. The molecule has 1 unspecified atom stereocenters. The quantitative estimate of drug-likeness (QED) is 0.340. The highest BCUT2D eigenvalue weighted by molar-refractivity contribution is 6.08. The molecule has 2 aliphatic heterocycles. The van der Waals surface area contributed by atoms with Crippen molar-refractivity contribution < 1.29 is 37.4 Å². The van der Waals surface area contributed by atoms with Crippen molar-refractivity contribution in [2.24, 2.45) is 0 Å². The molecule has 37 heavy (non-hydrogen) atoms. The number of likely N-dealkylation sites (tertiary alicyclic amines) is 1. The number of carbonyl (C=O) groups excluding carboxylic acids is 3. The Bertz CT molecular complexity index is 1070. The Morgan fingerprint density at radius 2 is 1.68 bits per heavy atom. The van der Waals surface area contributed by atoms with Crippen LogP contribution in [0, 0.1) is 5.82 Å².